The fraction of sp³-hybridized carbons (Fsp3) is 0.444. The van der Waals surface area contributed by atoms with E-state index in [4.69, 9.17) is 4.42 Å². The number of aromatic nitrogens is 1. The first-order chi connectivity index (χ1) is 18.4. The molecular weight excluding hydrogens is 517 g/mol. The van der Waals surface area contributed by atoms with Gasteiger partial charge in [0.05, 0.1) is 29.3 Å². The number of rotatable bonds is 6. The molecule has 9 nitrogen and oxygen atoms in total. The van der Waals surface area contributed by atoms with Gasteiger partial charge in [-0.3, -0.25) is 19.1 Å². The highest BCUT2D eigenvalue weighted by Crippen LogP contribution is 2.40. The normalized spacial score (nSPS) is 22.4. The summed E-state index contributed by atoms with van der Waals surface area (Å²) in [6.45, 7) is 0.938. The van der Waals surface area contributed by atoms with Gasteiger partial charge in [0.1, 0.15) is 0 Å². The molecule has 1 aliphatic carbocycles. The van der Waals surface area contributed by atoms with Gasteiger partial charge in [0.25, 0.3) is 5.91 Å². The molecule has 1 aliphatic heterocycles. The van der Waals surface area contributed by atoms with E-state index in [1.807, 2.05) is 6.07 Å². The zero-order valence-electron chi connectivity index (χ0n) is 21.3. The van der Waals surface area contributed by atoms with Crippen molar-refractivity contribution in [1.29, 1.82) is 0 Å². The first kappa shape index (κ1) is 26.9. The number of amides is 2. The number of likely N-dealkylation sites (tertiary alicyclic amines) is 1. The maximum Gasteiger partial charge on any atom is 0.419 e. The van der Waals surface area contributed by atoms with E-state index in [1.54, 1.807) is 19.2 Å². The fourth-order valence-electron chi connectivity index (χ4n) is 5.43. The van der Waals surface area contributed by atoms with Crippen LogP contribution in [0.2, 0.25) is 0 Å². The Morgan fingerprint density at radius 3 is 2.54 bits per heavy atom. The Bertz CT molecular complexity index is 1450. The van der Waals surface area contributed by atoms with Gasteiger partial charge >= 0.3 is 11.9 Å². The molecule has 5 rings (SSSR count). The minimum atomic E-state index is -4.56. The number of aliphatic hydroxyl groups is 1. The molecular formula is C27H29F3N4O5. The summed E-state index contributed by atoms with van der Waals surface area (Å²) in [7, 11) is 1.63. The smallest absolute Gasteiger partial charge is 0.408 e. The molecule has 1 saturated carbocycles. The molecule has 2 heterocycles. The van der Waals surface area contributed by atoms with Crippen LogP contribution in [0.25, 0.3) is 11.1 Å². The second-order valence-electron chi connectivity index (χ2n) is 10.4. The number of hydrogen-bond donors (Lipinski definition) is 3. The van der Waals surface area contributed by atoms with E-state index in [0.29, 0.717) is 37.0 Å². The SMILES string of the molecule is Cn1c(=O)oc2ccc(C3(O)CCC(N4CC(NC(=O)CNC(=O)c5cccc(C(F)(F)F)c5)C4)CC3)cc21. The molecule has 12 heteroatoms. The summed E-state index contributed by atoms with van der Waals surface area (Å²) in [6.07, 6.45) is -1.90. The molecule has 0 unspecified atom stereocenters. The number of halogens is 3. The molecule has 3 N–H and O–H groups in total. The molecule has 0 radical (unpaired) electrons. The van der Waals surface area contributed by atoms with Crippen molar-refractivity contribution >= 4 is 22.9 Å². The maximum atomic E-state index is 12.9. The quantitative estimate of drug-likeness (QED) is 0.438. The highest BCUT2D eigenvalue weighted by atomic mass is 19.4. The van der Waals surface area contributed by atoms with Crippen molar-refractivity contribution in [3.05, 3.63) is 69.7 Å². The molecule has 39 heavy (non-hydrogen) atoms. The van der Waals surface area contributed by atoms with Crippen LogP contribution < -0.4 is 16.4 Å². The number of alkyl halides is 3. The number of benzene rings is 2. The molecule has 1 saturated heterocycles. The zero-order chi connectivity index (χ0) is 27.9. The third-order valence-electron chi connectivity index (χ3n) is 7.76. The molecule has 2 fully saturated rings. The Labute approximate surface area is 221 Å². The first-order valence-corrected chi connectivity index (χ1v) is 12.7. The minimum Gasteiger partial charge on any atom is -0.408 e. The van der Waals surface area contributed by atoms with Gasteiger partial charge in [-0.2, -0.15) is 13.2 Å². The van der Waals surface area contributed by atoms with Crippen molar-refractivity contribution in [2.75, 3.05) is 19.6 Å². The summed E-state index contributed by atoms with van der Waals surface area (Å²) < 4.78 is 45.2. The van der Waals surface area contributed by atoms with Gasteiger partial charge in [0.15, 0.2) is 5.58 Å². The Kier molecular flexibility index (Phi) is 7.02. The average molecular weight is 547 g/mol. The Morgan fingerprint density at radius 2 is 1.85 bits per heavy atom. The lowest BCUT2D eigenvalue weighted by Crippen LogP contribution is -2.63. The molecule has 3 aromatic rings. The number of fused-ring (bicyclic) bond motifs is 1. The summed E-state index contributed by atoms with van der Waals surface area (Å²) in [5.74, 6) is -1.62. The van der Waals surface area contributed by atoms with Gasteiger partial charge in [0.2, 0.25) is 5.91 Å². The van der Waals surface area contributed by atoms with E-state index in [0.717, 1.165) is 36.6 Å². The maximum absolute atomic E-state index is 12.9. The lowest BCUT2D eigenvalue weighted by atomic mass is 9.76. The summed E-state index contributed by atoms with van der Waals surface area (Å²) in [6, 6.07) is 9.53. The summed E-state index contributed by atoms with van der Waals surface area (Å²) in [5.41, 5.74) is -0.216. The van der Waals surface area contributed by atoms with Crippen LogP contribution in [0.3, 0.4) is 0 Å². The highest BCUT2D eigenvalue weighted by Gasteiger charge is 2.40. The molecule has 2 aromatic carbocycles. The van der Waals surface area contributed by atoms with Crippen molar-refractivity contribution in [2.24, 2.45) is 7.05 Å². The molecule has 0 bridgehead atoms. The number of carbonyl (C=O) groups is 2. The monoisotopic (exact) mass is 546 g/mol. The number of hydrogen-bond acceptors (Lipinski definition) is 6. The fourth-order valence-corrected chi connectivity index (χ4v) is 5.43. The van der Waals surface area contributed by atoms with Crippen LogP contribution in [0, 0.1) is 0 Å². The van der Waals surface area contributed by atoms with E-state index >= 15 is 0 Å². The highest BCUT2D eigenvalue weighted by molar-refractivity contribution is 5.96. The predicted molar refractivity (Wildman–Crippen MR) is 135 cm³/mol. The van der Waals surface area contributed by atoms with E-state index in [1.165, 1.54) is 10.6 Å². The van der Waals surface area contributed by atoms with Crippen LogP contribution in [0.5, 0.6) is 0 Å². The van der Waals surface area contributed by atoms with E-state index in [9.17, 15) is 32.7 Å². The second-order valence-corrected chi connectivity index (χ2v) is 10.4. The van der Waals surface area contributed by atoms with Crippen LogP contribution in [-0.2, 0) is 23.6 Å². The predicted octanol–water partition coefficient (Wildman–Crippen LogP) is 2.51. The van der Waals surface area contributed by atoms with Gasteiger partial charge in [-0.25, -0.2) is 4.79 Å². The number of nitrogens with one attached hydrogen (secondary N) is 2. The topological polar surface area (TPSA) is 117 Å². The average Bonchev–Trinajstić information content (AvgIpc) is 3.17. The molecule has 1 aromatic heterocycles. The largest absolute Gasteiger partial charge is 0.419 e. The summed E-state index contributed by atoms with van der Waals surface area (Å²) in [5, 5.41) is 16.5. The van der Waals surface area contributed by atoms with Gasteiger partial charge in [0, 0.05) is 31.7 Å². The number of aryl methyl sites for hydroxylation is 1. The van der Waals surface area contributed by atoms with Crippen molar-refractivity contribution in [3.8, 4) is 0 Å². The minimum absolute atomic E-state index is 0.0893. The summed E-state index contributed by atoms with van der Waals surface area (Å²) in [4.78, 5) is 38.5. The van der Waals surface area contributed by atoms with Gasteiger partial charge in [-0.05, 0) is 61.6 Å². The Morgan fingerprint density at radius 1 is 1.13 bits per heavy atom. The third kappa shape index (κ3) is 5.57. The lowest BCUT2D eigenvalue weighted by molar-refractivity contribution is -0.137. The van der Waals surface area contributed by atoms with Crippen LogP contribution in [0.1, 0.15) is 47.2 Å². The van der Waals surface area contributed by atoms with Crippen LogP contribution in [-0.4, -0.2) is 58.1 Å². The van der Waals surface area contributed by atoms with Crippen molar-refractivity contribution in [2.45, 2.75) is 49.5 Å². The van der Waals surface area contributed by atoms with Gasteiger partial charge in [-0.15, -0.1) is 0 Å². The standard InChI is InChI=1S/C27H29F3N4O5/c1-33-21-12-17(5-6-22(21)39-25(33)37)26(38)9-7-20(8-10-26)34-14-19(15-34)32-23(35)13-31-24(36)16-3-2-4-18(11-16)27(28,29)30/h2-6,11-12,19-20,38H,7-10,13-15H2,1H3,(H,31,36)(H,32,35). The van der Waals surface area contributed by atoms with Crippen molar-refractivity contribution in [3.63, 3.8) is 0 Å². The van der Waals surface area contributed by atoms with E-state index < -0.39 is 34.9 Å². The third-order valence-corrected chi connectivity index (χ3v) is 7.76. The van der Waals surface area contributed by atoms with Crippen LogP contribution in [0.4, 0.5) is 13.2 Å². The Balaban J connectivity index is 1.06. The van der Waals surface area contributed by atoms with E-state index in [2.05, 4.69) is 15.5 Å². The number of oxazole rings is 1. The first-order valence-electron chi connectivity index (χ1n) is 12.7. The molecule has 2 amide bonds. The number of nitrogens with zero attached hydrogens (tertiary/aromatic N) is 2. The van der Waals surface area contributed by atoms with Crippen molar-refractivity contribution in [1.82, 2.24) is 20.1 Å². The molecule has 208 valence electrons. The molecule has 0 spiro atoms. The Hall–Kier alpha value is -3.64. The van der Waals surface area contributed by atoms with Gasteiger partial charge in [-0.1, -0.05) is 12.1 Å². The lowest BCUT2D eigenvalue weighted by Gasteiger charge is -2.48. The van der Waals surface area contributed by atoms with Crippen molar-refractivity contribution < 1.29 is 32.3 Å². The van der Waals surface area contributed by atoms with Crippen LogP contribution in [0.15, 0.2) is 51.7 Å². The zero-order valence-corrected chi connectivity index (χ0v) is 21.3. The molecule has 2 aliphatic rings. The number of carbonyl (C=O) groups excluding carboxylic acids is 2. The molecule has 0 atom stereocenters. The second kappa shape index (κ2) is 10.2. The van der Waals surface area contributed by atoms with Gasteiger partial charge < -0.3 is 20.2 Å². The van der Waals surface area contributed by atoms with E-state index in [-0.39, 0.29) is 24.2 Å². The van der Waals surface area contributed by atoms with Crippen LogP contribution >= 0.6 is 0 Å². The summed E-state index contributed by atoms with van der Waals surface area (Å²) >= 11 is 0.